The number of nitrogens with zero attached hydrogens (tertiary/aromatic N) is 1. The van der Waals surface area contributed by atoms with Crippen molar-refractivity contribution in [2.75, 3.05) is 0 Å². The molecule has 0 amide bonds. The van der Waals surface area contributed by atoms with Gasteiger partial charge in [-0.15, -0.1) is 0 Å². The van der Waals surface area contributed by atoms with Crippen LogP contribution < -0.4 is 5.32 Å². The number of ketones is 1. The SMILES string of the molecule is C=C(C)NC1CCC(C(=O)c2cccnc2)CC1. The minimum Gasteiger partial charge on any atom is -0.386 e. The molecule has 0 aromatic carbocycles. The number of carbonyl (C=O) groups excluding carboxylic acids is 1. The molecule has 2 rings (SSSR count). The van der Waals surface area contributed by atoms with E-state index in [1.54, 1.807) is 12.4 Å². The van der Waals surface area contributed by atoms with Gasteiger partial charge in [0.25, 0.3) is 0 Å². The van der Waals surface area contributed by atoms with Crippen LogP contribution in [0.2, 0.25) is 0 Å². The summed E-state index contributed by atoms with van der Waals surface area (Å²) < 4.78 is 0. The summed E-state index contributed by atoms with van der Waals surface area (Å²) in [6.45, 7) is 5.84. The van der Waals surface area contributed by atoms with E-state index in [-0.39, 0.29) is 11.7 Å². The molecular weight excluding hydrogens is 224 g/mol. The van der Waals surface area contributed by atoms with E-state index in [1.165, 1.54) is 0 Å². The van der Waals surface area contributed by atoms with Crippen LogP contribution in [-0.4, -0.2) is 16.8 Å². The Morgan fingerprint density at radius 1 is 1.39 bits per heavy atom. The zero-order chi connectivity index (χ0) is 13.0. The maximum Gasteiger partial charge on any atom is 0.167 e. The highest BCUT2D eigenvalue weighted by Crippen LogP contribution is 2.27. The number of hydrogen-bond acceptors (Lipinski definition) is 3. The Morgan fingerprint density at radius 3 is 2.67 bits per heavy atom. The van der Waals surface area contributed by atoms with Crippen LogP contribution in [-0.2, 0) is 0 Å². The van der Waals surface area contributed by atoms with Gasteiger partial charge in [-0.25, -0.2) is 0 Å². The summed E-state index contributed by atoms with van der Waals surface area (Å²) in [6, 6.07) is 4.16. The van der Waals surface area contributed by atoms with Crippen LogP contribution in [0.3, 0.4) is 0 Å². The number of pyridine rings is 1. The smallest absolute Gasteiger partial charge is 0.167 e. The molecule has 0 atom stereocenters. The van der Waals surface area contributed by atoms with Gasteiger partial charge in [0.2, 0.25) is 0 Å². The Bertz CT molecular complexity index is 419. The van der Waals surface area contributed by atoms with Crippen LogP contribution in [0.4, 0.5) is 0 Å². The Hall–Kier alpha value is -1.64. The summed E-state index contributed by atoms with van der Waals surface area (Å²) in [6.07, 6.45) is 7.37. The van der Waals surface area contributed by atoms with Gasteiger partial charge in [-0.05, 0) is 44.7 Å². The first-order valence-electron chi connectivity index (χ1n) is 6.53. The van der Waals surface area contributed by atoms with Crippen LogP contribution in [0.25, 0.3) is 0 Å². The average Bonchev–Trinajstić information content (AvgIpc) is 2.39. The fraction of sp³-hybridized carbons (Fsp3) is 0.467. The number of carbonyl (C=O) groups is 1. The molecule has 0 saturated heterocycles. The van der Waals surface area contributed by atoms with Gasteiger partial charge in [0.05, 0.1) is 0 Å². The minimum absolute atomic E-state index is 0.164. The maximum absolute atomic E-state index is 12.3. The van der Waals surface area contributed by atoms with Crippen molar-refractivity contribution in [3.63, 3.8) is 0 Å². The van der Waals surface area contributed by atoms with Gasteiger partial charge in [0, 0.05) is 35.6 Å². The lowest BCUT2D eigenvalue weighted by atomic mass is 9.82. The quantitative estimate of drug-likeness (QED) is 0.828. The highest BCUT2D eigenvalue weighted by atomic mass is 16.1. The second-order valence-electron chi connectivity index (χ2n) is 5.08. The van der Waals surface area contributed by atoms with Crippen LogP contribution in [0.5, 0.6) is 0 Å². The van der Waals surface area contributed by atoms with Gasteiger partial charge in [-0.3, -0.25) is 9.78 Å². The molecule has 0 aliphatic heterocycles. The molecule has 1 aromatic heterocycles. The second kappa shape index (κ2) is 5.80. The zero-order valence-electron chi connectivity index (χ0n) is 10.9. The van der Waals surface area contributed by atoms with Crippen molar-refractivity contribution >= 4 is 5.78 Å². The van der Waals surface area contributed by atoms with Gasteiger partial charge in [0.15, 0.2) is 5.78 Å². The Labute approximate surface area is 108 Å². The fourth-order valence-corrected chi connectivity index (χ4v) is 2.59. The van der Waals surface area contributed by atoms with Crippen LogP contribution >= 0.6 is 0 Å². The van der Waals surface area contributed by atoms with Gasteiger partial charge < -0.3 is 5.32 Å². The van der Waals surface area contributed by atoms with Gasteiger partial charge in [-0.1, -0.05) is 6.58 Å². The molecule has 18 heavy (non-hydrogen) atoms. The molecule has 0 bridgehead atoms. The van der Waals surface area contributed by atoms with Crippen molar-refractivity contribution in [3.05, 3.63) is 42.4 Å². The third-order valence-corrected chi connectivity index (χ3v) is 3.49. The molecule has 1 heterocycles. The average molecular weight is 244 g/mol. The Morgan fingerprint density at radius 2 is 2.11 bits per heavy atom. The van der Waals surface area contributed by atoms with Crippen LogP contribution in [0.15, 0.2) is 36.8 Å². The van der Waals surface area contributed by atoms with E-state index in [4.69, 9.17) is 0 Å². The maximum atomic E-state index is 12.3. The van der Waals surface area contributed by atoms with Crippen molar-refractivity contribution in [1.29, 1.82) is 0 Å². The first-order chi connectivity index (χ1) is 8.66. The Kier molecular flexibility index (Phi) is 4.13. The van der Waals surface area contributed by atoms with Gasteiger partial charge >= 0.3 is 0 Å². The summed E-state index contributed by atoms with van der Waals surface area (Å²) in [5.41, 5.74) is 1.76. The van der Waals surface area contributed by atoms with Crippen molar-refractivity contribution in [3.8, 4) is 0 Å². The number of Topliss-reactive ketones (excluding diaryl/α,β-unsaturated/α-hetero) is 1. The summed E-state index contributed by atoms with van der Waals surface area (Å²) in [7, 11) is 0. The van der Waals surface area contributed by atoms with E-state index in [9.17, 15) is 4.79 Å². The molecule has 1 fully saturated rings. The number of allylic oxidation sites excluding steroid dienone is 1. The molecule has 0 unspecified atom stereocenters. The molecule has 1 aliphatic carbocycles. The molecule has 0 radical (unpaired) electrons. The first-order valence-corrected chi connectivity index (χ1v) is 6.53. The molecule has 96 valence electrons. The van der Waals surface area contributed by atoms with Crippen molar-refractivity contribution in [2.24, 2.45) is 5.92 Å². The minimum atomic E-state index is 0.164. The largest absolute Gasteiger partial charge is 0.386 e. The summed E-state index contributed by atoms with van der Waals surface area (Å²) in [4.78, 5) is 16.3. The topological polar surface area (TPSA) is 42.0 Å². The van der Waals surface area contributed by atoms with E-state index >= 15 is 0 Å². The second-order valence-corrected chi connectivity index (χ2v) is 5.08. The first kappa shape index (κ1) is 12.8. The molecule has 3 nitrogen and oxygen atoms in total. The Balaban J connectivity index is 1.90. The van der Waals surface area contributed by atoms with Crippen molar-refractivity contribution in [2.45, 2.75) is 38.6 Å². The van der Waals surface area contributed by atoms with E-state index < -0.39 is 0 Å². The lowest BCUT2D eigenvalue weighted by Crippen LogP contribution is -2.33. The third-order valence-electron chi connectivity index (χ3n) is 3.49. The van der Waals surface area contributed by atoms with Crippen LogP contribution in [0.1, 0.15) is 43.0 Å². The van der Waals surface area contributed by atoms with Crippen molar-refractivity contribution in [1.82, 2.24) is 10.3 Å². The van der Waals surface area contributed by atoms with E-state index in [0.29, 0.717) is 6.04 Å². The van der Waals surface area contributed by atoms with Crippen LogP contribution in [0, 0.1) is 5.92 Å². The molecular formula is C15H20N2O. The molecule has 3 heteroatoms. The molecule has 1 aromatic rings. The molecule has 1 saturated carbocycles. The number of hydrogen-bond donors (Lipinski definition) is 1. The lowest BCUT2D eigenvalue weighted by Gasteiger charge is -2.29. The predicted octanol–water partition coefficient (Wildman–Crippen LogP) is 2.95. The van der Waals surface area contributed by atoms with Gasteiger partial charge in [0.1, 0.15) is 0 Å². The fourth-order valence-electron chi connectivity index (χ4n) is 2.59. The number of rotatable bonds is 4. The normalized spacial score (nSPS) is 23.4. The monoisotopic (exact) mass is 244 g/mol. The van der Waals surface area contributed by atoms with E-state index in [1.807, 2.05) is 19.1 Å². The molecule has 1 aliphatic rings. The highest BCUT2D eigenvalue weighted by Gasteiger charge is 2.26. The summed E-state index contributed by atoms with van der Waals surface area (Å²) in [5, 5.41) is 3.36. The van der Waals surface area contributed by atoms with Gasteiger partial charge in [-0.2, -0.15) is 0 Å². The molecule has 0 spiro atoms. The standard InChI is InChI=1S/C15H20N2O/c1-11(2)17-14-7-5-12(6-8-14)15(18)13-4-3-9-16-10-13/h3-4,9-10,12,14,17H,1,5-8H2,2H3. The number of nitrogens with one attached hydrogen (secondary N) is 1. The highest BCUT2D eigenvalue weighted by molar-refractivity contribution is 5.97. The summed E-state index contributed by atoms with van der Waals surface area (Å²) >= 11 is 0. The van der Waals surface area contributed by atoms with E-state index in [0.717, 1.165) is 36.9 Å². The number of aromatic nitrogens is 1. The third kappa shape index (κ3) is 3.19. The van der Waals surface area contributed by atoms with E-state index in [2.05, 4.69) is 16.9 Å². The predicted molar refractivity (Wildman–Crippen MR) is 72.3 cm³/mol. The van der Waals surface area contributed by atoms with Crippen molar-refractivity contribution < 1.29 is 4.79 Å². The molecule has 1 N–H and O–H groups in total. The summed E-state index contributed by atoms with van der Waals surface area (Å²) in [5.74, 6) is 0.411. The zero-order valence-corrected chi connectivity index (χ0v) is 10.9. The lowest BCUT2D eigenvalue weighted by molar-refractivity contribution is 0.0881.